The number of alkyl halides is 3. The lowest BCUT2D eigenvalue weighted by Crippen LogP contribution is -2.25. The van der Waals surface area contributed by atoms with Crippen molar-refractivity contribution in [1.82, 2.24) is 14.6 Å². The summed E-state index contributed by atoms with van der Waals surface area (Å²) in [6.07, 6.45) is -4.81. The van der Waals surface area contributed by atoms with Crippen LogP contribution >= 0.6 is 11.3 Å². The van der Waals surface area contributed by atoms with Gasteiger partial charge in [0, 0.05) is 5.38 Å². The van der Waals surface area contributed by atoms with E-state index in [1.165, 1.54) is 11.3 Å². The monoisotopic (exact) mass is 524 g/mol. The van der Waals surface area contributed by atoms with E-state index in [0.29, 0.717) is 5.82 Å². The summed E-state index contributed by atoms with van der Waals surface area (Å²) in [7, 11) is 0. The number of hydrogen-bond acceptors (Lipinski definition) is 5. The molecule has 5 rings (SSSR count). The van der Waals surface area contributed by atoms with Gasteiger partial charge in [0.25, 0.3) is 0 Å². The normalized spacial score (nSPS) is 11.0. The zero-order valence-corrected chi connectivity index (χ0v) is 19.8. The number of fused-ring (bicyclic) bond motifs is 1. The minimum atomic E-state index is -5.08. The van der Waals surface area contributed by atoms with Gasteiger partial charge >= 0.3 is 12.1 Å². The van der Waals surface area contributed by atoms with Gasteiger partial charge < -0.3 is 5.11 Å². The van der Waals surface area contributed by atoms with Crippen molar-refractivity contribution >= 4 is 34.2 Å². The molecule has 2 aromatic heterocycles. The lowest BCUT2D eigenvalue weighted by atomic mass is 10.0. The highest BCUT2D eigenvalue weighted by Crippen LogP contribution is 2.24. The van der Waals surface area contributed by atoms with Gasteiger partial charge in [-0.1, -0.05) is 66.7 Å². The Labute approximate surface area is 212 Å². The number of aliphatic carboxylic acids is 1. The second-order valence-corrected chi connectivity index (χ2v) is 8.43. The first-order chi connectivity index (χ1) is 17.7. The van der Waals surface area contributed by atoms with Crippen molar-refractivity contribution in [3.05, 3.63) is 95.3 Å². The molecule has 0 unspecified atom stereocenters. The van der Waals surface area contributed by atoms with Crippen LogP contribution in [0.2, 0.25) is 0 Å². The van der Waals surface area contributed by atoms with Crippen molar-refractivity contribution in [2.45, 2.75) is 12.6 Å². The fraction of sp³-hybridized carbons (Fsp3) is 0.0769. The molecule has 188 valence electrons. The summed E-state index contributed by atoms with van der Waals surface area (Å²) < 4.78 is 33.5. The van der Waals surface area contributed by atoms with Crippen LogP contribution in [0, 0.1) is 0 Å². The van der Waals surface area contributed by atoms with Crippen molar-refractivity contribution in [3.8, 4) is 22.6 Å². The smallest absolute Gasteiger partial charge is 0.475 e. The minimum absolute atomic E-state index is 0.109. The Balaban J connectivity index is 0.000000405. The number of carboxylic acid groups (broad SMARTS) is 1. The lowest BCUT2D eigenvalue weighted by molar-refractivity contribution is -0.192. The van der Waals surface area contributed by atoms with E-state index >= 15 is 0 Å². The number of carbonyl (C=O) groups is 2. The fourth-order valence-corrected chi connectivity index (χ4v) is 3.96. The molecule has 2 heterocycles. The number of carbonyl (C=O) groups excluding carboxylic acids is 1. The first-order valence-corrected chi connectivity index (χ1v) is 11.8. The Morgan fingerprint density at radius 1 is 0.919 bits per heavy atom. The zero-order chi connectivity index (χ0) is 26.4. The molecule has 37 heavy (non-hydrogen) atoms. The average molecular weight is 525 g/mol. The number of imidazole rings is 1. The standard InChI is InChI=1S/C24H18N4OS.C2HF3O2/c29-23(14-17-10-12-19(13-11-17)18-6-2-1-3-7-18)27-28-22-9-5-4-8-20(22)26-24(28)21-15-30-16-25-21;3-2(4,5)1(6)7/h1-13,15-16H,14H2,(H,27,29);(H,6,7). The molecule has 0 saturated carbocycles. The first kappa shape index (κ1) is 25.6. The molecule has 11 heteroatoms. The molecule has 0 aliphatic heterocycles. The van der Waals surface area contributed by atoms with Crippen LogP contribution in [0.5, 0.6) is 0 Å². The summed E-state index contributed by atoms with van der Waals surface area (Å²) in [6.45, 7) is 0. The van der Waals surface area contributed by atoms with Crippen LogP contribution in [0.1, 0.15) is 5.56 Å². The number of aromatic nitrogens is 3. The Morgan fingerprint density at radius 2 is 1.54 bits per heavy atom. The van der Waals surface area contributed by atoms with E-state index in [0.717, 1.165) is 33.4 Å². The maximum Gasteiger partial charge on any atom is 0.490 e. The van der Waals surface area contributed by atoms with Gasteiger partial charge in [0.15, 0.2) is 5.82 Å². The highest BCUT2D eigenvalue weighted by atomic mass is 32.1. The van der Waals surface area contributed by atoms with Crippen molar-refractivity contribution in [1.29, 1.82) is 0 Å². The van der Waals surface area contributed by atoms with E-state index in [1.54, 1.807) is 10.2 Å². The Kier molecular flexibility index (Phi) is 7.63. The minimum Gasteiger partial charge on any atom is -0.475 e. The zero-order valence-electron chi connectivity index (χ0n) is 19.0. The third-order valence-electron chi connectivity index (χ3n) is 5.13. The molecule has 0 bridgehead atoms. The summed E-state index contributed by atoms with van der Waals surface area (Å²) in [4.78, 5) is 30.7. The average Bonchev–Trinajstić information content (AvgIpc) is 3.53. The maximum absolute atomic E-state index is 12.8. The number of nitrogens with one attached hydrogen (secondary N) is 1. The van der Waals surface area contributed by atoms with Crippen LogP contribution in [0.25, 0.3) is 33.7 Å². The van der Waals surface area contributed by atoms with Gasteiger partial charge in [-0.05, 0) is 28.8 Å². The van der Waals surface area contributed by atoms with Crippen molar-refractivity contribution in [2.75, 3.05) is 5.43 Å². The molecule has 0 saturated heterocycles. The largest absolute Gasteiger partial charge is 0.490 e. The predicted molar refractivity (Wildman–Crippen MR) is 134 cm³/mol. The Bertz CT molecular complexity index is 1500. The summed E-state index contributed by atoms with van der Waals surface area (Å²) in [5, 5.41) is 9.05. The van der Waals surface area contributed by atoms with E-state index in [9.17, 15) is 18.0 Å². The molecule has 7 nitrogen and oxygen atoms in total. The first-order valence-electron chi connectivity index (χ1n) is 10.8. The van der Waals surface area contributed by atoms with E-state index in [2.05, 4.69) is 27.5 Å². The van der Waals surface area contributed by atoms with Crippen LogP contribution in [0.3, 0.4) is 0 Å². The molecular formula is C26H19F3N4O3S. The Hall–Kier alpha value is -4.51. The summed E-state index contributed by atoms with van der Waals surface area (Å²) in [5.41, 5.74) is 10.4. The number of nitrogens with zero attached hydrogens (tertiary/aromatic N) is 3. The molecule has 0 aliphatic carbocycles. The molecule has 3 aromatic carbocycles. The van der Waals surface area contributed by atoms with Gasteiger partial charge in [-0.25, -0.2) is 19.4 Å². The molecule has 1 amide bonds. The van der Waals surface area contributed by atoms with E-state index in [1.807, 2.05) is 72.1 Å². The molecule has 0 fully saturated rings. The molecule has 5 aromatic rings. The summed E-state index contributed by atoms with van der Waals surface area (Å²) in [5.74, 6) is -2.24. The lowest BCUT2D eigenvalue weighted by Gasteiger charge is -2.10. The molecule has 0 spiro atoms. The van der Waals surface area contributed by atoms with E-state index in [-0.39, 0.29) is 12.3 Å². The van der Waals surface area contributed by atoms with Gasteiger partial charge in [0.05, 0.1) is 23.0 Å². The van der Waals surface area contributed by atoms with Gasteiger partial charge in [0.1, 0.15) is 5.69 Å². The number of para-hydroxylation sites is 2. The topological polar surface area (TPSA) is 97.1 Å². The molecule has 0 aliphatic rings. The molecular weight excluding hydrogens is 505 g/mol. The Morgan fingerprint density at radius 3 is 2.16 bits per heavy atom. The van der Waals surface area contributed by atoms with E-state index in [4.69, 9.17) is 9.90 Å². The highest BCUT2D eigenvalue weighted by Gasteiger charge is 2.38. The van der Waals surface area contributed by atoms with Crippen LogP contribution < -0.4 is 5.43 Å². The second-order valence-electron chi connectivity index (χ2n) is 7.71. The summed E-state index contributed by atoms with van der Waals surface area (Å²) in [6, 6.07) is 26.0. The fourth-order valence-electron chi connectivity index (χ4n) is 3.43. The van der Waals surface area contributed by atoms with Gasteiger partial charge in [-0.3, -0.25) is 10.2 Å². The number of halogens is 3. The number of thiazole rings is 1. The number of carboxylic acids is 1. The number of amides is 1. The predicted octanol–water partition coefficient (Wildman–Crippen LogP) is 5.77. The third-order valence-corrected chi connectivity index (χ3v) is 5.71. The highest BCUT2D eigenvalue weighted by molar-refractivity contribution is 7.07. The number of hydrogen-bond donors (Lipinski definition) is 2. The van der Waals surface area contributed by atoms with Crippen LogP contribution in [-0.2, 0) is 16.0 Å². The van der Waals surface area contributed by atoms with Crippen LogP contribution in [0.4, 0.5) is 13.2 Å². The maximum atomic E-state index is 12.8. The van der Waals surface area contributed by atoms with Crippen molar-refractivity contribution < 1.29 is 27.9 Å². The van der Waals surface area contributed by atoms with Gasteiger partial charge in [0.2, 0.25) is 5.91 Å². The van der Waals surface area contributed by atoms with Crippen LogP contribution in [-0.4, -0.2) is 37.8 Å². The number of rotatable bonds is 5. The summed E-state index contributed by atoms with van der Waals surface area (Å²) >= 11 is 1.50. The van der Waals surface area contributed by atoms with E-state index < -0.39 is 12.1 Å². The quantitative estimate of drug-likeness (QED) is 0.304. The second kappa shape index (κ2) is 11.0. The van der Waals surface area contributed by atoms with Crippen molar-refractivity contribution in [2.24, 2.45) is 0 Å². The molecule has 0 atom stereocenters. The molecule has 2 N–H and O–H groups in total. The van der Waals surface area contributed by atoms with Gasteiger partial charge in [-0.15, -0.1) is 11.3 Å². The third kappa shape index (κ3) is 6.39. The SMILES string of the molecule is O=C(Cc1ccc(-c2ccccc2)cc1)Nn1c(-c2cscn2)nc2ccccc21.O=C(O)C(F)(F)F. The van der Waals surface area contributed by atoms with Crippen molar-refractivity contribution in [3.63, 3.8) is 0 Å². The molecule has 0 radical (unpaired) electrons. The van der Waals surface area contributed by atoms with Crippen LogP contribution in [0.15, 0.2) is 89.8 Å². The van der Waals surface area contributed by atoms with Gasteiger partial charge in [-0.2, -0.15) is 13.2 Å². The number of benzene rings is 3.